The molecule has 1 fully saturated rings. The number of nitrogens with zero attached hydrogens (tertiary/aromatic N) is 1. The largest absolute Gasteiger partial charge is 0.591 e. The lowest BCUT2D eigenvalue weighted by Crippen LogP contribution is -2.37. The van der Waals surface area contributed by atoms with Crippen molar-refractivity contribution in [3.05, 3.63) is 0 Å². The maximum absolute atomic E-state index is 11.9. The summed E-state index contributed by atoms with van der Waals surface area (Å²) in [6.07, 6.45) is 15.4. The minimum Gasteiger partial charge on any atom is -0.591 e. The molecular weight excluding hydrogens is 372 g/mol. The molecule has 0 bridgehead atoms. The number of rotatable bonds is 5. The highest BCUT2D eigenvalue weighted by molar-refractivity contribution is 9.10. The van der Waals surface area contributed by atoms with Crippen molar-refractivity contribution in [2.45, 2.75) is 94.8 Å². The van der Waals surface area contributed by atoms with E-state index in [1.807, 2.05) is 6.21 Å². The van der Waals surface area contributed by atoms with Gasteiger partial charge in [0.05, 0.1) is 17.6 Å². The topological polar surface area (TPSA) is 47.5 Å². The van der Waals surface area contributed by atoms with Crippen LogP contribution < -0.4 is 5.32 Å². The number of halogens is 1. The van der Waals surface area contributed by atoms with Crippen molar-refractivity contribution in [3.8, 4) is 0 Å². The Morgan fingerprint density at radius 1 is 1.22 bits per heavy atom. The molecule has 0 spiro atoms. The maximum Gasteiger partial charge on any atom is 0.133 e. The van der Waals surface area contributed by atoms with Crippen LogP contribution in [0.2, 0.25) is 0 Å². The monoisotopic (exact) mass is 406 g/mol. The number of unbranched alkanes of at least 4 members (excludes halogenated alkanes) is 1. The van der Waals surface area contributed by atoms with Crippen LogP contribution in [0.3, 0.4) is 0 Å². The lowest BCUT2D eigenvalue weighted by Gasteiger charge is -2.26. The highest BCUT2D eigenvalue weighted by atomic mass is 79.9. The third kappa shape index (κ3) is 11.6. The Morgan fingerprint density at radius 2 is 1.87 bits per heavy atom. The Balaban J connectivity index is 2.56. The zero-order valence-corrected chi connectivity index (χ0v) is 17.4. The molecule has 5 heteroatoms. The van der Waals surface area contributed by atoms with Crippen molar-refractivity contribution >= 4 is 33.5 Å². The molecule has 1 saturated heterocycles. The zero-order chi connectivity index (χ0) is 17.0. The molecule has 0 aromatic carbocycles. The number of hydrogen-bond acceptors (Lipinski definition) is 3. The molecule has 0 radical (unpaired) electrons. The summed E-state index contributed by atoms with van der Waals surface area (Å²) < 4.78 is 16.3. The summed E-state index contributed by atoms with van der Waals surface area (Å²) in [5.74, 6) is 0.686. The summed E-state index contributed by atoms with van der Waals surface area (Å²) in [7, 11) is 0. The molecule has 1 heterocycles. The van der Waals surface area contributed by atoms with Crippen LogP contribution in [0.15, 0.2) is 4.40 Å². The standard InChI is InChI=1S/C18H35BrN2OS/c1-3-4-14-23(22)21-16-17-15-18(2,19)12-10-8-6-5-7-9-11-13-20-17/h16-17,20H,3-15H2,1-2H3/b21-16-/t17?,18?,23-/m0/s1. The second-order valence-electron chi connectivity index (χ2n) is 7.04. The van der Waals surface area contributed by atoms with Gasteiger partial charge in [0, 0.05) is 10.4 Å². The predicted octanol–water partition coefficient (Wildman–Crippen LogP) is 5.16. The maximum atomic E-state index is 11.9. The van der Waals surface area contributed by atoms with E-state index < -0.39 is 11.4 Å². The zero-order valence-electron chi connectivity index (χ0n) is 15.0. The van der Waals surface area contributed by atoms with Gasteiger partial charge in [-0.25, -0.2) is 0 Å². The minimum absolute atomic E-state index is 0.135. The van der Waals surface area contributed by atoms with Gasteiger partial charge in [-0.3, -0.25) is 0 Å². The van der Waals surface area contributed by atoms with E-state index in [2.05, 4.69) is 39.5 Å². The molecule has 1 rings (SSSR count). The SMILES string of the molecule is CCCC[S@+]([O-])/N=C\C1CC(C)(Br)CCCCCCCCCN1. The Hall–Kier alpha value is 0.420. The van der Waals surface area contributed by atoms with E-state index in [4.69, 9.17) is 0 Å². The molecule has 0 aliphatic carbocycles. The summed E-state index contributed by atoms with van der Waals surface area (Å²) in [4.78, 5) is 0. The average molecular weight is 407 g/mol. The molecule has 136 valence electrons. The van der Waals surface area contributed by atoms with Gasteiger partial charge < -0.3 is 9.87 Å². The van der Waals surface area contributed by atoms with Crippen molar-refractivity contribution in [1.82, 2.24) is 5.32 Å². The van der Waals surface area contributed by atoms with Crippen LogP contribution in [-0.2, 0) is 11.4 Å². The van der Waals surface area contributed by atoms with E-state index in [1.165, 1.54) is 51.4 Å². The van der Waals surface area contributed by atoms with Gasteiger partial charge in [-0.05, 0) is 39.2 Å². The normalized spacial score (nSPS) is 30.3. The number of nitrogens with one attached hydrogen (secondary N) is 1. The van der Waals surface area contributed by atoms with E-state index in [1.54, 1.807) is 0 Å². The smallest absolute Gasteiger partial charge is 0.133 e. The second kappa shape index (κ2) is 12.7. The molecule has 1 aliphatic rings. The van der Waals surface area contributed by atoms with Crippen LogP contribution in [0.1, 0.15) is 84.5 Å². The molecule has 0 aromatic heterocycles. The molecule has 0 saturated carbocycles. The van der Waals surface area contributed by atoms with Crippen molar-refractivity contribution in [2.75, 3.05) is 12.3 Å². The molecule has 23 heavy (non-hydrogen) atoms. The first-order valence-corrected chi connectivity index (χ1v) is 11.5. The van der Waals surface area contributed by atoms with Crippen LogP contribution in [0.25, 0.3) is 0 Å². The Bertz CT molecular complexity index is 326. The highest BCUT2D eigenvalue weighted by Crippen LogP contribution is 2.30. The van der Waals surface area contributed by atoms with Gasteiger partial charge in [-0.2, -0.15) is 0 Å². The molecule has 1 aliphatic heterocycles. The molecule has 2 unspecified atom stereocenters. The second-order valence-corrected chi connectivity index (χ2v) is 10.2. The fourth-order valence-electron chi connectivity index (χ4n) is 2.99. The fraction of sp³-hybridized carbons (Fsp3) is 0.944. The summed E-state index contributed by atoms with van der Waals surface area (Å²) in [5, 5.41) is 3.61. The Kier molecular flexibility index (Phi) is 11.9. The van der Waals surface area contributed by atoms with Gasteiger partial charge in [0.25, 0.3) is 0 Å². The highest BCUT2D eigenvalue weighted by Gasteiger charge is 2.24. The predicted molar refractivity (Wildman–Crippen MR) is 107 cm³/mol. The Morgan fingerprint density at radius 3 is 2.57 bits per heavy atom. The van der Waals surface area contributed by atoms with E-state index in [0.717, 1.165) is 25.8 Å². The molecule has 0 amide bonds. The van der Waals surface area contributed by atoms with Gasteiger partial charge in [0.2, 0.25) is 0 Å². The fourth-order valence-corrected chi connectivity index (χ4v) is 4.54. The van der Waals surface area contributed by atoms with Crippen molar-refractivity contribution < 1.29 is 4.55 Å². The van der Waals surface area contributed by atoms with Gasteiger partial charge in [0.1, 0.15) is 5.75 Å². The van der Waals surface area contributed by atoms with Crippen LogP contribution >= 0.6 is 15.9 Å². The van der Waals surface area contributed by atoms with Gasteiger partial charge in [0.15, 0.2) is 0 Å². The molecule has 0 aromatic rings. The summed E-state index contributed by atoms with van der Waals surface area (Å²) in [6, 6.07) is 0.214. The quantitative estimate of drug-likeness (QED) is 0.389. The first-order valence-electron chi connectivity index (χ1n) is 9.38. The van der Waals surface area contributed by atoms with E-state index in [0.29, 0.717) is 5.75 Å². The third-order valence-electron chi connectivity index (χ3n) is 4.46. The van der Waals surface area contributed by atoms with Crippen molar-refractivity contribution in [2.24, 2.45) is 4.40 Å². The van der Waals surface area contributed by atoms with Crippen molar-refractivity contribution in [3.63, 3.8) is 0 Å². The Labute approximate surface area is 154 Å². The van der Waals surface area contributed by atoms with Gasteiger partial charge >= 0.3 is 0 Å². The van der Waals surface area contributed by atoms with Crippen molar-refractivity contribution in [1.29, 1.82) is 0 Å². The van der Waals surface area contributed by atoms with E-state index >= 15 is 0 Å². The summed E-state index contributed by atoms with van der Waals surface area (Å²) in [6.45, 7) is 5.43. The minimum atomic E-state index is -1.06. The summed E-state index contributed by atoms with van der Waals surface area (Å²) in [5.41, 5.74) is 0. The van der Waals surface area contributed by atoms with Crippen LogP contribution in [0, 0.1) is 0 Å². The average Bonchev–Trinajstić information content (AvgIpc) is 2.52. The molecule has 1 N–H and O–H groups in total. The van der Waals surface area contributed by atoms with Gasteiger partial charge in [-0.1, -0.05) is 72.2 Å². The number of alkyl halides is 1. The molecule has 3 atom stereocenters. The van der Waals surface area contributed by atoms with E-state index in [-0.39, 0.29) is 10.4 Å². The molecule has 3 nitrogen and oxygen atoms in total. The lowest BCUT2D eigenvalue weighted by molar-refractivity contribution is 0.467. The van der Waals surface area contributed by atoms with Gasteiger partial charge in [-0.15, -0.1) is 0 Å². The first-order chi connectivity index (χ1) is 11.0. The third-order valence-corrected chi connectivity index (χ3v) is 6.17. The number of hydrogen-bond donors (Lipinski definition) is 1. The summed E-state index contributed by atoms with van der Waals surface area (Å²) >= 11 is 2.85. The lowest BCUT2D eigenvalue weighted by atomic mass is 9.95. The van der Waals surface area contributed by atoms with Crippen LogP contribution in [-0.4, -0.2) is 33.4 Å². The molecular formula is C18H35BrN2OS. The van der Waals surface area contributed by atoms with Crippen LogP contribution in [0.5, 0.6) is 0 Å². The van der Waals surface area contributed by atoms with E-state index in [9.17, 15) is 4.55 Å². The van der Waals surface area contributed by atoms with Crippen LogP contribution in [0.4, 0.5) is 0 Å². The first kappa shape index (κ1) is 21.5.